The quantitative estimate of drug-likeness (QED) is 0.350. The average molecular weight is 506 g/mol. The van der Waals surface area contributed by atoms with Crippen molar-refractivity contribution in [3.63, 3.8) is 0 Å². The van der Waals surface area contributed by atoms with Gasteiger partial charge in [0, 0.05) is 24.6 Å². The van der Waals surface area contributed by atoms with Gasteiger partial charge in [0.15, 0.2) is 0 Å². The summed E-state index contributed by atoms with van der Waals surface area (Å²) < 4.78 is 49.0. The number of rotatable bonds is 8. The minimum Gasteiger partial charge on any atom is -0.489 e. The second kappa shape index (κ2) is 9.62. The third kappa shape index (κ3) is 4.64. The van der Waals surface area contributed by atoms with Crippen LogP contribution in [0.3, 0.4) is 0 Å². The number of carboxylic acid groups (broad SMARTS) is 1. The summed E-state index contributed by atoms with van der Waals surface area (Å²) in [6, 6.07) is 22.6. The first-order chi connectivity index (χ1) is 17.3. The Kier molecular flexibility index (Phi) is 6.36. The molecule has 0 bridgehead atoms. The van der Waals surface area contributed by atoms with E-state index in [1.807, 2.05) is 48.5 Å². The molecular formula is C28H24FNO5S. The lowest BCUT2D eigenvalue weighted by atomic mass is 10.1. The third-order valence-corrected chi connectivity index (χ3v) is 8.17. The van der Waals surface area contributed by atoms with Gasteiger partial charge in [-0.2, -0.15) is 0 Å². The number of aryl methyl sites for hydroxylation is 1. The maximum absolute atomic E-state index is 14.4. The number of anilines is 1. The van der Waals surface area contributed by atoms with Crippen molar-refractivity contribution < 1.29 is 27.4 Å². The van der Waals surface area contributed by atoms with Crippen molar-refractivity contribution in [2.45, 2.75) is 30.8 Å². The Bertz CT molecular complexity index is 1570. The summed E-state index contributed by atoms with van der Waals surface area (Å²) in [6.45, 7) is 0.384. The number of sulfonamides is 1. The predicted octanol–water partition coefficient (Wildman–Crippen LogP) is 5.33. The van der Waals surface area contributed by atoms with Gasteiger partial charge in [0.05, 0.1) is 10.6 Å². The van der Waals surface area contributed by atoms with E-state index in [1.165, 1.54) is 16.4 Å². The van der Waals surface area contributed by atoms with E-state index in [-0.39, 0.29) is 30.1 Å². The van der Waals surface area contributed by atoms with Gasteiger partial charge in [-0.25, -0.2) is 12.8 Å². The Morgan fingerprint density at radius 2 is 1.75 bits per heavy atom. The Hall–Kier alpha value is -3.91. The van der Waals surface area contributed by atoms with E-state index in [0.29, 0.717) is 29.8 Å². The number of carbonyl (C=O) groups is 1. The lowest BCUT2D eigenvalue weighted by Gasteiger charge is -2.22. The number of nitrogens with zero attached hydrogens (tertiary/aromatic N) is 1. The highest BCUT2D eigenvalue weighted by molar-refractivity contribution is 7.92. The van der Waals surface area contributed by atoms with E-state index < -0.39 is 21.8 Å². The van der Waals surface area contributed by atoms with Gasteiger partial charge in [0.2, 0.25) is 0 Å². The Morgan fingerprint density at radius 3 is 2.53 bits per heavy atom. The Morgan fingerprint density at radius 1 is 0.944 bits per heavy atom. The summed E-state index contributed by atoms with van der Waals surface area (Å²) in [5, 5.41) is 10.6. The van der Waals surface area contributed by atoms with Gasteiger partial charge in [0.25, 0.3) is 10.0 Å². The zero-order valence-corrected chi connectivity index (χ0v) is 20.2. The van der Waals surface area contributed by atoms with Crippen LogP contribution in [0.5, 0.6) is 5.75 Å². The van der Waals surface area contributed by atoms with Gasteiger partial charge in [-0.3, -0.25) is 9.10 Å². The fraction of sp³-hybridized carbons (Fsp3) is 0.179. The monoisotopic (exact) mass is 505 g/mol. The van der Waals surface area contributed by atoms with Crippen molar-refractivity contribution in [2.24, 2.45) is 0 Å². The van der Waals surface area contributed by atoms with E-state index in [4.69, 9.17) is 9.84 Å². The fourth-order valence-corrected chi connectivity index (χ4v) is 6.11. The molecule has 0 saturated carbocycles. The second-order valence-electron chi connectivity index (χ2n) is 8.70. The van der Waals surface area contributed by atoms with Crippen LogP contribution in [0, 0.1) is 5.82 Å². The minimum absolute atomic E-state index is 0.0564. The second-order valence-corrected chi connectivity index (χ2v) is 10.6. The highest BCUT2D eigenvalue weighted by atomic mass is 32.2. The first kappa shape index (κ1) is 23.8. The SMILES string of the molecule is O=C(O)CCc1ccc(OCc2cccc3c2N(S(=O)(=O)c2ccc4ccccc4c2)CC3)cc1F. The summed E-state index contributed by atoms with van der Waals surface area (Å²) in [5.74, 6) is -1.24. The molecule has 6 nitrogen and oxygen atoms in total. The molecule has 0 atom stereocenters. The predicted molar refractivity (Wildman–Crippen MR) is 135 cm³/mol. The molecule has 0 aliphatic carbocycles. The van der Waals surface area contributed by atoms with Gasteiger partial charge in [-0.1, -0.05) is 54.6 Å². The first-order valence-electron chi connectivity index (χ1n) is 11.6. The lowest BCUT2D eigenvalue weighted by molar-refractivity contribution is -0.136. The number of benzene rings is 4. The van der Waals surface area contributed by atoms with Crippen LogP contribution >= 0.6 is 0 Å². The number of carboxylic acids is 1. The number of hydrogen-bond acceptors (Lipinski definition) is 4. The molecule has 0 unspecified atom stereocenters. The van der Waals surface area contributed by atoms with E-state index in [2.05, 4.69) is 0 Å². The maximum atomic E-state index is 14.4. The van der Waals surface area contributed by atoms with Crippen molar-refractivity contribution >= 4 is 32.5 Å². The lowest BCUT2D eigenvalue weighted by Crippen LogP contribution is -2.30. The van der Waals surface area contributed by atoms with Gasteiger partial charge in [0.1, 0.15) is 18.2 Å². The molecule has 1 aliphatic heterocycles. The van der Waals surface area contributed by atoms with E-state index >= 15 is 0 Å². The summed E-state index contributed by atoms with van der Waals surface area (Å²) >= 11 is 0. The molecule has 0 spiro atoms. The number of ether oxygens (including phenoxy) is 1. The molecule has 0 radical (unpaired) electrons. The topological polar surface area (TPSA) is 83.9 Å². The van der Waals surface area contributed by atoms with Crippen LogP contribution in [0.25, 0.3) is 10.8 Å². The summed E-state index contributed by atoms with van der Waals surface area (Å²) in [4.78, 5) is 11.0. The largest absolute Gasteiger partial charge is 0.489 e. The molecule has 0 saturated heterocycles. The van der Waals surface area contributed by atoms with Gasteiger partial charge in [-0.15, -0.1) is 0 Å². The summed E-state index contributed by atoms with van der Waals surface area (Å²) in [5.41, 5.74) is 2.50. The standard InChI is InChI=1S/C28H24FNO5S/c29-26-17-24(11-8-20(26)10-13-27(31)32)35-18-23-7-3-6-21-14-15-30(28(21)23)36(33,34)25-12-9-19-4-1-2-5-22(19)16-25/h1-9,11-12,16-17H,10,13-15,18H2,(H,31,32). The first-order valence-corrected chi connectivity index (χ1v) is 13.0. The zero-order valence-electron chi connectivity index (χ0n) is 19.4. The molecule has 184 valence electrons. The Balaban J connectivity index is 1.40. The molecular weight excluding hydrogens is 481 g/mol. The number of halogens is 1. The van der Waals surface area contributed by atoms with Crippen LogP contribution in [-0.2, 0) is 34.3 Å². The van der Waals surface area contributed by atoms with Crippen LogP contribution in [0.4, 0.5) is 10.1 Å². The van der Waals surface area contributed by atoms with Crippen LogP contribution < -0.4 is 9.04 Å². The molecule has 0 aromatic heterocycles. The fourth-order valence-electron chi connectivity index (χ4n) is 4.54. The number of para-hydroxylation sites is 1. The minimum atomic E-state index is -3.80. The molecule has 4 aromatic rings. The molecule has 5 rings (SSSR count). The van der Waals surface area contributed by atoms with Crippen molar-refractivity contribution in [2.75, 3.05) is 10.8 Å². The molecule has 0 fully saturated rings. The van der Waals surface area contributed by atoms with Crippen molar-refractivity contribution in [3.8, 4) is 5.75 Å². The third-order valence-electron chi connectivity index (χ3n) is 6.37. The smallest absolute Gasteiger partial charge is 0.303 e. The summed E-state index contributed by atoms with van der Waals surface area (Å²) in [6.07, 6.45) is 0.521. The van der Waals surface area contributed by atoms with Gasteiger partial charge < -0.3 is 9.84 Å². The van der Waals surface area contributed by atoms with Crippen LogP contribution in [0.15, 0.2) is 83.8 Å². The molecule has 4 aromatic carbocycles. The summed E-state index contributed by atoms with van der Waals surface area (Å²) in [7, 11) is -3.80. The molecule has 1 heterocycles. The normalized spacial score (nSPS) is 13.1. The molecule has 1 aliphatic rings. The van der Waals surface area contributed by atoms with Crippen LogP contribution in [0.2, 0.25) is 0 Å². The molecule has 0 amide bonds. The highest BCUT2D eigenvalue weighted by Gasteiger charge is 2.33. The number of fused-ring (bicyclic) bond motifs is 2. The van der Waals surface area contributed by atoms with Crippen molar-refractivity contribution in [1.82, 2.24) is 0 Å². The Labute approximate surface area is 208 Å². The average Bonchev–Trinajstić information content (AvgIpc) is 3.32. The highest BCUT2D eigenvalue weighted by Crippen LogP contribution is 2.37. The van der Waals surface area contributed by atoms with E-state index in [1.54, 1.807) is 18.2 Å². The van der Waals surface area contributed by atoms with Gasteiger partial charge >= 0.3 is 5.97 Å². The van der Waals surface area contributed by atoms with E-state index in [9.17, 15) is 17.6 Å². The maximum Gasteiger partial charge on any atom is 0.303 e. The van der Waals surface area contributed by atoms with Crippen LogP contribution in [0.1, 0.15) is 23.1 Å². The zero-order chi connectivity index (χ0) is 25.3. The molecule has 1 N–H and O–H groups in total. The van der Waals surface area contributed by atoms with Crippen LogP contribution in [-0.4, -0.2) is 26.0 Å². The van der Waals surface area contributed by atoms with Crippen molar-refractivity contribution in [3.05, 3.63) is 101 Å². The van der Waals surface area contributed by atoms with Gasteiger partial charge in [-0.05, 0) is 52.9 Å². The number of hydrogen-bond donors (Lipinski definition) is 1. The number of aliphatic carboxylic acids is 1. The molecule has 36 heavy (non-hydrogen) atoms. The molecule has 8 heteroatoms. The van der Waals surface area contributed by atoms with E-state index in [0.717, 1.165) is 16.3 Å². The van der Waals surface area contributed by atoms with Crippen molar-refractivity contribution in [1.29, 1.82) is 0 Å².